The molecule has 186 valence electrons. The van der Waals surface area contributed by atoms with Crippen LogP contribution in [0.5, 0.6) is 11.5 Å². The van der Waals surface area contributed by atoms with Crippen LogP contribution in [0.2, 0.25) is 0 Å². The van der Waals surface area contributed by atoms with Crippen LogP contribution in [0.1, 0.15) is 44.2 Å². The van der Waals surface area contributed by atoms with Gasteiger partial charge in [0.15, 0.2) is 23.3 Å². The molecule has 0 unspecified atom stereocenters. The summed E-state index contributed by atoms with van der Waals surface area (Å²) in [6.07, 6.45) is -1.51. The molecule has 1 N–H and O–H groups in total. The number of H-pyrrole nitrogens is 1. The molecule has 0 amide bonds. The molecule has 1 aromatic carbocycles. The third-order valence-corrected chi connectivity index (χ3v) is 6.74. The number of hydrogen-bond acceptors (Lipinski definition) is 4. The predicted molar refractivity (Wildman–Crippen MR) is 120 cm³/mol. The Morgan fingerprint density at radius 1 is 1.14 bits per heavy atom. The van der Waals surface area contributed by atoms with Crippen molar-refractivity contribution < 1.29 is 31.4 Å². The lowest BCUT2D eigenvalue weighted by molar-refractivity contribution is -0.212. The fourth-order valence-electron chi connectivity index (χ4n) is 4.60. The lowest BCUT2D eigenvalue weighted by atomic mass is 9.64. The highest BCUT2D eigenvalue weighted by atomic mass is 19.4. The standard InChI is InChI=1S/C25H24F5N3O2/c1-23(2)12-33-19(34-13-23)10-14-8-16(26)21(17(27)9-14)35-18-4-7-31-22-20(18)15(11-32-22)24(5-3-6-24)25(28,29)30/h4,7-9,11H,3,5-6,10,12-13H2,1-2H3,(H,31,32). The first kappa shape index (κ1) is 23.6. The third-order valence-electron chi connectivity index (χ3n) is 6.74. The van der Waals surface area contributed by atoms with Gasteiger partial charge < -0.3 is 14.5 Å². The summed E-state index contributed by atoms with van der Waals surface area (Å²) in [6.45, 7) is 5.01. The van der Waals surface area contributed by atoms with Gasteiger partial charge in [-0.3, -0.25) is 4.99 Å². The molecule has 0 bridgehead atoms. The second kappa shape index (κ2) is 8.20. The molecular weight excluding hydrogens is 469 g/mol. The number of nitrogens with zero attached hydrogens (tertiary/aromatic N) is 2. The third kappa shape index (κ3) is 4.12. The number of nitrogens with one attached hydrogen (secondary N) is 1. The molecule has 3 heterocycles. The Bertz CT molecular complexity index is 1290. The molecule has 1 fully saturated rings. The van der Waals surface area contributed by atoms with Crippen molar-refractivity contribution in [2.45, 2.75) is 51.1 Å². The Kier molecular flexibility index (Phi) is 5.52. The van der Waals surface area contributed by atoms with E-state index >= 15 is 0 Å². The van der Waals surface area contributed by atoms with Gasteiger partial charge in [0.05, 0.1) is 24.0 Å². The second-order valence-electron chi connectivity index (χ2n) is 10.00. The van der Waals surface area contributed by atoms with Crippen LogP contribution in [0.3, 0.4) is 0 Å². The van der Waals surface area contributed by atoms with Gasteiger partial charge in [0.2, 0.25) is 0 Å². The molecule has 2 aliphatic rings. The Labute approximate surface area is 198 Å². The van der Waals surface area contributed by atoms with Crippen LogP contribution in [-0.2, 0) is 16.6 Å². The number of benzene rings is 1. The first-order chi connectivity index (χ1) is 16.5. The first-order valence-corrected chi connectivity index (χ1v) is 11.3. The molecular formula is C25H24F5N3O2. The number of aliphatic imine (C=N–C) groups is 1. The zero-order chi connectivity index (χ0) is 25.0. The molecule has 35 heavy (non-hydrogen) atoms. The number of fused-ring (bicyclic) bond motifs is 1. The van der Waals surface area contributed by atoms with Crippen LogP contribution in [0.15, 0.2) is 35.6 Å². The summed E-state index contributed by atoms with van der Waals surface area (Å²) in [5.41, 5.74) is -1.71. The zero-order valence-corrected chi connectivity index (χ0v) is 19.2. The molecule has 10 heteroatoms. The van der Waals surface area contributed by atoms with E-state index in [4.69, 9.17) is 9.47 Å². The van der Waals surface area contributed by atoms with Crippen molar-refractivity contribution in [3.05, 3.63) is 53.4 Å². The predicted octanol–water partition coefficient (Wildman–Crippen LogP) is 6.61. The SMILES string of the molecule is CC1(C)CN=C(Cc2cc(F)c(Oc3ccnc4[nH]cc(C5(C(F)(F)F)CCC5)c34)c(F)c2)OC1. The van der Waals surface area contributed by atoms with E-state index in [2.05, 4.69) is 15.0 Å². The van der Waals surface area contributed by atoms with Crippen molar-refractivity contribution in [1.29, 1.82) is 0 Å². The van der Waals surface area contributed by atoms with Gasteiger partial charge in [-0.2, -0.15) is 13.2 Å². The Morgan fingerprint density at radius 3 is 2.43 bits per heavy atom. The summed E-state index contributed by atoms with van der Waals surface area (Å²) < 4.78 is 83.1. The van der Waals surface area contributed by atoms with Gasteiger partial charge in [0.25, 0.3) is 0 Å². The van der Waals surface area contributed by atoms with E-state index in [1.807, 2.05) is 13.8 Å². The molecule has 0 atom stereocenters. The molecule has 1 aliphatic carbocycles. The van der Waals surface area contributed by atoms with Gasteiger partial charge in [-0.25, -0.2) is 13.8 Å². The van der Waals surface area contributed by atoms with Crippen LogP contribution in [0.4, 0.5) is 22.0 Å². The highest BCUT2D eigenvalue weighted by Gasteiger charge is 2.60. The van der Waals surface area contributed by atoms with Crippen LogP contribution >= 0.6 is 0 Å². The van der Waals surface area contributed by atoms with Gasteiger partial charge >= 0.3 is 6.18 Å². The molecule has 0 spiro atoms. The fourth-order valence-corrected chi connectivity index (χ4v) is 4.60. The van der Waals surface area contributed by atoms with Crippen molar-refractivity contribution in [2.75, 3.05) is 13.2 Å². The average molecular weight is 493 g/mol. The Morgan fingerprint density at radius 2 is 1.86 bits per heavy atom. The highest BCUT2D eigenvalue weighted by molar-refractivity contribution is 5.88. The summed E-state index contributed by atoms with van der Waals surface area (Å²) >= 11 is 0. The Balaban J connectivity index is 1.47. The molecule has 3 aromatic rings. The van der Waals surface area contributed by atoms with Crippen LogP contribution in [0, 0.1) is 17.0 Å². The normalized spacial score (nSPS) is 19.1. The van der Waals surface area contributed by atoms with E-state index in [1.165, 1.54) is 18.5 Å². The van der Waals surface area contributed by atoms with Crippen molar-refractivity contribution in [1.82, 2.24) is 9.97 Å². The van der Waals surface area contributed by atoms with Gasteiger partial charge in [-0.15, -0.1) is 0 Å². The maximum Gasteiger partial charge on any atom is 0.398 e. The van der Waals surface area contributed by atoms with Crippen molar-refractivity contribution in [2.24, 2.45) is 10.4 Å². The molecule has 5 rings (SSSR count). The monoisotopic (exact) mass is 493 g/mol. The summed E-state index contributed by atoms with van der Waals surface area (Å²) in [7, 11) is 0. The van der Waals surface area contributed by atoms with E-state index in [0.29, 0.717) is 31.0 Å². The fraction of sp³-hybridized carbons (Fsp3) is 0.440. The van der Waals surface area contributed by atoms with E-state index < -0.39 is 29.0 Å². The molecule has 1 aliphatic heterocycles. The largest absolute Gasteiger partial charge is 0.480 e. The highest BCUT2D eigenvalue weighted by Crippen LogP contribution is 2.57. The number of halogens is 5. The first-order valence-electron chi connectivity index (χ1n) is 11.3. The summed E-state index contributed by atoms with van der Waals surface area (Å²) in [4.78, 5) is 11.2. The van der Waals surface area contributed by atoms with Crippen molar-refractivity contribution in [3.63, 3.8) is 0 Å². The minimum atomic E-state index is -4.48. The lowest BCUT2D eigenvalue weighted by Crippen LogP contribution is -2.47. The minimum absolute atomic E-state index is 0.0258. The number of ether oxygens (including phenoxy) is 2. The van der Waals surface area contributed by atoms with Gasteiger partial charge in [-0.1, -0.05) is 20.3 Å². The van der Waals surface area contributed by atoms with Crippen LogP contribution in [0.25, 0.3) is 11.0 Å². The molecule has 5 nitrogen and oxygen atoms in total. The number of alkyl halides is 3. The lowest BCUT2D eigenvalue weighted by Gasteiger charge is -2.43. The van der Waals surface area contributed by atoms with E-state index in [1.54, 1.807) is 0 Å². The molecule has 1 saturated carbocycles. The molecule has 2 aromatic heterocycles. The molecule has 0 saturated heterocycles. The topological polar surface area (TPSA) is 59.5 Å². The second-order valence-corrected chi connectivity index (χ2v) is 10.00. The van der Waals surface area contributed by atoms with Crippen LogP contribution in [-0.4, -0.2) is 35.2 Å². The van der Waals surface area contributed by atoms with Gasteiger partial charge in [0, 0.05) is 24.2 Å². The maximum absolute atomic E-state index is 15.0. The maximum atomic E-state index is 15.0. The number of pyridine rings is 1. The summed E-state index contributed by atoms with van der Waals surface area (Å²) in [5.74, 6) is -2.37. The number of aromatic amines is 1. The summed E-state index contributed by atoms with van der Waals surface area (Å²) in [6, 6.07) is 3.54. The Hall–Kier alpha value is -3.17. The van der Waals surface area contributed by atoms with E-state index in [-0.39, 0.29) is 47.0 Å². The number of hydrogen-bond donors (Lipinski definition) is 1. The smallest absolute Gasteiger partial charge is 0.398 e. The van der Waals surface area contributed by atoms with Gasteiger partial charge in [-0.05, 0) is 42.2 Å². The van der Waals surface area contributed by atoms with Crippen molar-refractivity contribution >= 4 is 16.9 Å². The minimum Gasteiger partial charge on any atom is -0.480 e. The van der Waals surface area contributed by atoms with Gasteiger partial charge in [0.1, 0.15) is 11.4 Å². The van der Waals surface area contributed by atoms with Crippen LogP contribution < -0.4 is 4.74 Å². The average Bonchev–Trinajstić information content (AvgIpc) is 3.15. The van der Waals surface area contributed by atoms with Crippen molar-refractivity contribution in [3.8, 4) is 11.5 Å². The molecule has 0 radical (unpaired) electrons. The quantitative estimate of drug-likeness (QED) is 0.407. The number of rotatable bonds is 5. The summed E-state index contributed by atoms with van der Waals surface area (Å²) in [5, 5.41) is 0.0694. The van der Waals surface area contributed by atoms with E-state index in [9.17, 15) is 22.0 Å². The van der Waals surface area contributed by atoms with E-state index in [0.717, 1.165) is 12.1 Å². The number of aromatic nitrogens is 2. The zero-order valence-electron chi connectivity index (χ0n) is 19.2.